The number of imidazole rings is 1. The van der Waals surface area contributed by atoms with Crippen LogP contribution in [0.15, 0.2) is 77.3 Å². The van der Waals surface area contributed by atoms with E-state index in [0.29, 0.717) is 13.1 Å². The molecule has 0 aliphatic carbocycles. The van der Waals surface area contributed by atoms with Crippen LogP contribution in [0.1, 0.15) is 33.8 Å². The van der Waals surface area contributed by atoms with E-state index in [1.54, 1.807) is 23.1 Å². The average Bonchev–Trinajstić information content (AvgIpc) is 3.59. The van der Waals surface area contributed by atoms with Gasteiger partial charge in [-0.15, -0.1) is 23.1 Å². The monoisotopic (exact) mass is 463 g/mol. The normalized spacial score (nSPS) is 15.9. The average molecular weight is 464 g/mol. The maximum atomic E-state index is 13.3. The number of nitrogens with zero attached hydrogens (tertiary/aromatic N) is 3. The van der Waals surface area contributed by atoms with Gasteiger partial charge in [-0.05, 0) is 60.7 Å². The number of hydrogen-bond acceptors (Lipinski definition) is 5. The van der Waals surface area contributed by atoms with Crippen molar-refractivity contribution in [1.82, 2.24) is 14.3 Å². The molecule has 0 radical (unpaired) electrons. The van der Waals surface area contributed by atoms with Gasteiger partial charge in [-0.2, -0.15) is 0 Å². The van der Waals surface area contributed by atoms with E-state index in [4.69, 9.17) is 4.74 Å². The van der Waals surface area contributed by atoms with Crippen molar-refractivity contribution in [2.45, 2.75) is 36.1 Å². The molecule has 1 aliphatic heterocycles. The zero-order valence-electron chi connectivity index (χ0n) is 17.7. The lowest BCUT2D eigenvalue weighted by molar-refractivity contribution is 0.0509. The van der Waals surface area contributed by atoms with E-state index < -0.39 is 0 Å². The van der Waals surface area contributed by atoms with Crippen LogP contribution >= 0.6 is 23.1 Å². The molecule has 1 fully saturated rings. The van der Waals surface area contributed by atoms with Gasteiger partial charge in [0.1, 0.15) is 5.65 Å². The highest BCUT2D eigenvalue weighted by Gasteiger charge is 2.24. The summed E-state index contributed by atoms with van der Waals surface area (Å²) in [5.74, 6) is 0.851. The lowest BCUT2D eigenvalue weighted by Crippen LogP contribution is -2.36. The molecule has 4 heterocycles. The number of benzene rings is 1. The van der Waals surface area contributed by atoms with E-state index in [9.17, 15) is 4.79 Å². The molecule has 32 heavy (non-hydrogen) atoms. The summed E-state index contributed by atoms with van der Waals surface area (Å²) in [6.45, 7) is 2.06. The molecule has 1 unspecified atom stereocenters. The number of thioether (sulfide) groups is 1. The Morgan fingerprint density at radius 3 is 2.84 bits per heavy atom. The summed E-state index contributed by atoms with van der Waals surface area (Å²) in [6.07, 6.45) is 6.30. The van der Waals surface area contributed by atoms with Crippen molar-refractivity contribution in [3.63, 3.8) is 0 Å². The van der Waals surface area contributed by atoms with Crippen LogP contribution in [0.25, 0.3) is 5.65 Å². The molecule has 5 rings (SSSR count). The fraction of sp³-hybridized carbons (Fsp3) is 0.280. The maximum Gasteiger partial charge on any atom is 0.254 e. The summed E-state index contributed by atoms with van der Waals surface area (Å²) >= 11 is 3.41. The number of pyridine rings is 1. The fourth-order valence-electron chi connectivity index (χ4n) is 3.93. The molecule has 0 bridgehead atoms. The second kappa shape index (κ2) is 9.90. The molecule has 1 atom stereocenters. The van der Waals surface area contributed by atoms with Crippen LogP contribution in [0.5, 0.6) is 0 Å². The standard InChI is InChI=1S/C25H25N3O2S2/c29-25(28(16-21-5-3-13-30-21)17-23-6-4-14-31-23)19-8-10-22(11-9-19)32-18-20-15-27-12-2-1-7-24(27)26-20/h1-2,4,6-12,14-15,21H,3,5,13,16-18H2. The number of thiophene rings is 1. The van der Waals surface area contributed by atoms with Crippen molar-refractivity contribution >= 4 is 34.7 Å². The summed E-state index contributed by atoms with van der Waals surface area (Å²) in [4.78, 5) is 22.2. The number of carbonyl (C=O) groups is 1. The number of carbonyl (C=O) groups excluding carboxylic acids is 1. The Bertz CT molecular complexity index is 1130. The predicted molar refractivity (Wildman–Crippen MR) is 129 cm³/mol. The maximum absolute atomic E-state index is 13.3. The van der Waals surface area contributed by atoms with Crippen LogP contribution in [0.4, 0.5) is 0 Å². The summed E-state index contributed by atoms with van der Waals surface area (Å²) in [7, 11) is 0. The van der Waals surface area contributed by atoms with Gasteiger partial charge in [-0.1, -0.05) is 12.1 Å². The minimum absolute atomic E-state index is 0.0609. The van der Waals surface area contributed by atoms with Gasteiger partial charge in [0.05, 0.1) is 18.3 Å². The predicted octanol–water partition coefficient (Wildman–Crippen LogP) is 5.51. The molecule has 1 saturated heterocycles. The van der Waals surface area contributed by atoms with Crippen molar-refractivity contribution in [2.24, 2.45) is 0 Å². The molecule has 0 N–H and O–H groups in total. The van der Waals surface area contributed by atoms with Gasteiger partial charge in [0.25, 0.3) is 5.91 Å². The van der Waals surface area contributed by atoms with Crippen LogP contribution in [-0.2, 0) is 17.0 Å². The molecule has 7 heteroatoms. The molecule has 1 aromatic carbocycles. The Morgan fingerprint density at radius 2 is 2.09 bits per heavy atom. The van der Waals surface area contributed by atoms with Crippen LogP contribution in [0.3, 0.4) is 0 Å². The van der Waals surface area contributed by atoms with E-state index in [0.717, 1.165) is 47.0 Å². The van der Waals surface area contributed by atoms with Crippen molar-refractivity contribution in [3.05, 3.63) is 88.5 Å². The van der Waals surface area contributed by atoms with E-state index >= 15 is 0 Å². The molecule has 0 saturated carbocycles. The second-order valence-corrected chi connectivity index (χ2v) is 9.99. The lowest BCUT2D eigenvalue weighted by Gasteiger charge is -2.25. The molecular weight excluding hydrogens is 438 g/mol. The van der Waals surface area contributed by atoms with Crippen LogP contribution in [-0.4, -0.2) is 39.4 Å². The molecule has 1 amide bonds. The van der Waals surface area contributed by atoms with Gasteiger partial charge in [0.2, 0.25) is 0 Å². The Balaban J connectivity index is 1.24. The Morgan fingerprint density at radius 1 is 1.19 bits per heavy atom. The lowest BCUT2D eigenvalue weighted by atomic mass is 10.1. The number of ether oxygens (including phenoxy) is 1. The summed E-state index contributed by atoms with van der Waals surface area (Å²) in [5, 5.41) is 2.05. The van der Waals surface area contributed by atoms with Gasteiger partial charge in [-0.3, -0.25) is 4.79 Å². The first-order valence-corrected chi connectivity index (χ1v) is 12.7. The highest BCUT2D eigenvalue weighted by atomic mass is 32.2. The highest BCUT2D eigenvalue weighted by Crippen LogP contribution is 2.24. The minimum Gasteiger partial charge on any atom is -0.376 e. The molecule has 3 aromatic heterocycles. The third-order valence-electron chi connectivity index (χ3n) is 5.56. The zero-order chi connectivity index (χ0) is 21.8. The highest BCUT2D eigenvalue weighted by molar-refractivity contribution is 7.98. The van der Waals surface area contributed by atoms with E-state index in [1.807, 2.05) is 64.0 Å². The van der Waals surface area contributed by atoms with Gasteiger partial charge < -0.3 is 14.0 Å². The van der Waals surface area contributed by atoms with Crippen molar-refractivity contribution < 1.29 is 9.53 Å². The quantitative estimate of drug-likeness (QED) is 0.323. The van der Waals surface area contributed by atoms with Gasteiger partial charge in [0.15, 0.2) is 0 Å². The van der Waals surface area contributed by atoms with Gasteiger partial charge in [0, 0.05) is 46.6 Å². The Hall–Kier alpha value is -2.61. The molecule has 0 spiro atoms. The second-order valence-electron chi connectivity index (χ2n) is 7.91. The van der Waals surface area contributed by atoms with Gasteiger partial charge >= 0.3 is 0 Å². The number of fused-ring (bicyclic) bond motifs is 1. The summed E-state index contributed by atoms with van der Waals surface area (Å²) < 4.78 is 7.84. The van der Waals surface area contributed by atoms with Crippen molar-refractivity contribution in [1.29, 1.82) is 0 Å². The van der Waals surface area contributed by atoms with Crippen LogP contribution in [0, 0.1) is 0 Å². The van der Waals surface area contributed by atoms with Gasteiger partial charge in [-0.25, -0.2) is 4.98 Å². The first-order chi connectivity index (χ1) is 15.7. The smallest absolute Gasteiger partial charge is 0.254 e. The Labute approximate surface area is 196 Å². The topological polar surface area (TPSA) is 46.8 Å². The van der Waals surface area contributed by atoms with Crippen molar-refractivity contribution in [2.75, 3.05) is 13.2 Å². The molecule has 5 nitrogen and oxygen atoms in total. The molecule has 4 aromatic rings. The minimum atomic E-state index is 0.0609. The van der Waals surface area contributed by atoms with Crippen LogP contribution < -0.4 is 0 Å². The third-order valence-corrected chi connectivity index (χ3v) is 7.47. The molecular formula is C25H25N3O2S2. The summed E-state index contributed by atoms with van der Waals surface area (Å²) in [6, 6.07) is 18.1. The third kappa shape index (κ3) is 5.06. The first kappa shape index (κ1) is 21.2. The SMILES string of the molecule is O=C(c1ccc(SCc2cn3ccccc3n2)cc1)N(Cc1cccs1)CC1CCCO1. The van der Waals surface area contributed by atoms with Crippen LogP contribution in [0.2, 0.25) is 0 Å². The first-order valence-electron chi connectivity index (χ1n) is 10.8. The van der Waals surface area contributed by atoms with Crippen molar-refractivity contribution in [3.8, 4) is 0 Å². The number of aromatic nitrogens is 2. The largest absolute Gasteiger partial charge is 0.376 e. The summed E-state index contributed by atoms with van der Waals surface area (Å²) in [5.41, 5.74) is 2.72. The number of hydrogen-bond donors (Lipinski definition) is 0. The van der Waals surface area contributed by atoms with E-state index in [2.05, 4.69) is 22.6 Å². The number of rotatable bonds is 8. The molecule has 164 valence electrons. The van der Waals surface area contributed by atoms with E-state index in [1.165, 1.54) is 4.88 Å². The fourth-order valence-corrected chi connectivity index (χ4v) is 5.44. The van der Waals surface area contributed by atoms with E-state index in [-0.39, 0.29) is 12.0 Å². The Kier molecular flexibility index (Phi) is 6.57. The zero-order valence-corrected chi connectivity index (χ0v) is 19.4. The number of amides is 1. The molecule has 1 aliphatic rings.